The highest BCUT2D eigenvalue weighted by Crippen LogP contribution is 2.66. The molecule has 34 heavy (non-hydrogen) atoms. The highest BCUT2D eigenvalue weighted by atomic mass is 16.6. The molecule has 5 atom stereocenters. The van der Waals surface area contributed by atoms with E-state index in [1.165, 1.54) is 0 Å². The fourth-order valence-corrected chi connectivity index (χ4v) is 6.31. The molecule has 184 valence electrons. The predicted octanol–water partition coefficient (Wildman–Crippen LogP) is 5.69. The van der Waals surface area contributed by atoms with Crippen LogP contribution in [0.1, 0.15) is 77.2 Å². The maximum atomic E-state index is 13.8. The zero-order chi connectivity index (χ0) is 25.2. The summed E-state index contributed by atoms with van der Waals surface area (Å²) >= 11 is 0. The first-order chi connectivity index (χ1) is 15.8. The Hall–Kier alpha value is -2.37. The molecule has 2 N–H and O–H groups in total. The van der Waals surface area contributed by atoms with Gasteiger partial charge in [-0.1, -0.05) is 42.9 Å². The number of aliphatic hydroxyl groups excluding tert-OH is 1. The molecule has 5 unspecified atom stereocenters. The van der Waals surface area contributed by atoms with Gasteiger partial charge in [-0.2, -0.15) is 0 Å². The predicted molar refractivity (Wildman–Crippen MR) is 133 cm³/mol. The summed E-state index contributed by atoms with van der Waals surface area (Å²) in [5, 5.41) is 22.9. The van der Waals surface area contributed by atoms with Crippen LogP contribution in [0.25, 0.3) is 0 Å². The average Bonchev–Trinajstić information content (AvgIpc) is 2.89. The number of carbonyl (C=O) groups excluding carboxylic acids is 1. The molecular formula is C29H38O5. The third-order valence-corrected chi connectivity index (χ3v) is 8.02. The molecule has 2 bridgehead atoms. The number of ether oxygens (including phenoxy) is 2. The molecule has 1 saturated carbocycles. The van der Waals surface area contributed by atoms with Gasteiger partial charge in [-0.05, 0) is 66.4 Å². The summed E-state index contributed by atoms with van der Waals surface area (Å²) in [5.41, 5.74) is 0.338. The van der Waals surface area contributed by atoms with Crippen molar-refractivity contribution in [2.45, 2.75) is 90.6 Å². The molecule has 4 rings (SSSR count). The van der Waals surface area contributed by atoms with E-state index in [1.54, 1.807) is 12.1 Å². The molecule has 1 aliphatic carbocycles. The van der Waals surface area contributed by atoms with Crippen molar-refractivity contribution in [3.63, 3.8) is 0 Å². The first-order valence-corrected chi connectivity index (χ1v) is 12.2. The second kappa shape index (κ2) is 8.10. The Kier molecular flexibility index (Phi) is 5.89. The molecule has 5 heteroatoms. The fraction of sp³-hybridized carbons (Fsp3) is 0.552. The molecule has 0 radical (unpaired) electrons. The topological polar surface area (TPSA) is 76.0 Å². The quantitative estimate of drug-likeness (QED) is 0.440. The maximum absolute atomic E-state index is 13.8. The van der Waals surface area contributed by atoms with Crippen LogP contribution in [-0.2, 0) is 11.2 Å². The van der Waals surface area contributed by atoms with E-state index < -0.39 is 22.9 Å². The Morgan fingerprint density at radius 2 is 1.82 bits per heavy atom. The van der Waals surface area contributed by atoms with Crippen molar-refractivity contribution in [1.82, 2.24) is 0 Å². The smallest absolute Gasteiger partial charge is 0.196 e. The molecule has 1 spiro atoms. The Balaban J connectivity index is 1.96. The standard InChI is InChI=1S/C29H38O5/c1-16(2)9-10-20-11-12-21-23(30)19(6)29(33-25(21)24(20)31)22-15-18(5)26(32)28(29,14-13-17(3)4)34-27(22,7)8/h9,11-13,18,22,26,31-32H,6,10,14-15H2,1-5,7-8H3. The van der Waals surface area contributed by atoms with Gasteiger partial charge in [-0.15, -0.1) is 0 Å². The van der Waals surface area contributed by atoms with E-state index in [4.69, 9.17) is 9.47 Å². The molecule has 3 aliphatic rings. The van der Waals surface area contributed by atoms with Crippen LogP contribution in [0.2, 0.25) is 0 Å². The molecule has 0 aromatic heterocycles. The van der Waals surface area contributed by atoms with Gasteiger partial charge < -0.3 is 19.7 Å². The van der Waals surface area contributed by atoms with Crippen molar-refractivity contribution < 1.29 is 24.5 Å². The Morgan fingerprint density at radius 3 is 2.44 bits per heavy atom. The third-order valence-electron chi connectivity index (χ3n) is 8.02. The molecule has 5 nitrogen and oxygen atoms in total. The number of rotatable bonds is 4. The van der Waals surface area contributed by atoms with Crippen molar-refractivity contribution in [3.05, 3.63) is 58.7 Å². The number of ketones is 1. The number of phenols is 1. The summed E-state index contributed by atoms with van der Waals surface area (Å²) in [5.74, 6) is -0.396. The molecule has 1 saturated heterocycles. The van der Waals surface area contributed by atoms with Crippen LogP contribution in [0.5, 0.6) is 11.5 Å². The van der Waals surface area contributed by atoms with Gasteiger partial charge in [0.2, 0.25) is 0 Å². The van der Waals surface area contributed by atoms with Crippen molar-refractivity contribution in [2.75, 3.05) is 0 Å². The van der Waals surface area contributed by atoms with Crippen LogP contribution in [-0.4, -0.2) is 38.9 Å². The highest BCUT2D eigenvalue weighted by Gasteiger charge is 2.78. The maximum Gasteiger partial charge on any atom is 0.196 e. The van der Waals surface area contributed by atoms with Crippen LogP contribution in [0.3, 0.4) is 0 Å². The summed E-state index contributed by atoms with van der Waals surface area (Å²) in [6.07, 6.45) is 4.71. The minimum absolute atomic E-state index is 0.0297. The summed E-state index contributed by atoms with van der Waals surface area (Å²) < 4.78 is 13.5. The molecule has 1 aromatic carbocycles. The van der Waals surface area contributed by atoms with Gasteiger partial charge in [0.05, 0.1) is 17.3 Å². The minimum Gasteiger partial charge on any atom is -0.504 e. The summed E-state index contributed by atoms with van der Waals surface area (Å²) in [4.78, 5) is 13.8. The Bertz CT molecular complexity index is 1100. The number of aromatic hydroxyl groups is 1. The number of fused-ring (bicyclic) bond motifs is 1. The van der Waals surface area contributed by atoms with Gasteiger partial charge in [0, 0.05) is 23.5 Å². The lowest BCUT2D eigenvalue weighted by molar-refractivity contribution is -0.200. The first kappa shape index (κ1) is 24.7. The lowest BCUT2D eigenvalue weighted by Crippen LogP contribution is -2.70. The molecule has 0 amide bonds. The van der Waals surface area contributed by atoms with Crippen molar-refractivity contribution in [2.24, 2.45) is 11.8 Å². The number of Topliss-reactive ketones (excluding diaryl/α,β-unsaturated/α-hetero) is 1. The summed E-state index contributed by atoms with van der Waals surface area (Å²) in [7, 11) is 0. The lowest BCUT2D eigenvalue weighted by Gasteiger charge is -2.55. The normalized spacial score (nSPS) is 33.4. The van der Waals surface area contributed by atoms with Gasteiger partial charge in [0.15, 0.2) is 22.9 Å². The molecule has 2 heterocycles. The molecule has 1 aromatic rings. The zero-order valence-electron chi connectivity index (χ0n) is 21.5. The molecule has 2 fully saturated rings. The van der Waals surface area contributed by atoms with E-state index in [-0.39, 0.29) is 29.1 Å². The van der Waals surface area contributed by atoms with Crippen LogP contribution in [0, 0.1) is 11.8 Å². The van der Waals surface area contributed by atoms with E-state index in [1.807, 2.05) is 60.6 Å². The van der Waals surface area contributed by atoms with Crippen LogP contribution in [0.15, 0.2) is 47.6 Å². The van der Waals surface area contributed by atoms with Gasteiger partial charge in [-0.3, -0.25) is 4.79 Å². The number of allylic oxidation sites excluding steroid dienone is 3. The van der Waals surface area contributed by atoms with Gasteiger partial charge >= 0.3 is 0 Å². The summed E-state index contributed by atoms with van der Waals surface area (Å²) in [6.45, 7) is 18.3. The SMILES string of the molecule is C=C1C(=O)c2ccc(CC=C(C)C)c(O)c2OC12C1CC(C)C(O)C2(CC=C(C)C)OC1(C)C. The van der Waals surface area contributed by atoms with Gasteiger partial charge in [-0.25, -0.2) is 0 Å². The van der Waals surface area contributed by atoms with Crippen molar-refractivity contribution in [1.29, 1.82) is 0 Å². The Labute approximate surface area is 203 Å². The number of hydrogen-bond acceptors (Lipinski definition) is 5. The fourth-order valence-electron chi connectivity index (χ4n) is 6.31. The molecular weight excluding hydrogens is 428 g/mol. The van der Waals surface area contributed by atoms with E-state index >= 15 is 0 Å². The highest BCUT2D eigenvalue weighted by molar-refractivity contribution is 6.13. The van der Waals surface area contributed by atoms with Crippen molar-refractivity contribution >= 4 is 5.78 Å². The van der Waals surface area contributed by atoms with Crippen LogP contribution < -0.4 is 4.74 Å². The second-order valence-corrected chi connectivity index (χ2v) is 11.4. The van der Waals surface area contributed by atoms with E-state index in [0.29, 0.717) is 36.0 Å². The number of aliphatic hydroxyl groups is 1. The average molecular weight is 467 g/mol. The number of phenolic OH excluding ortho intramolecular Hbond substituents is 1. The monoisotopic (exact) mass is 466 g/mol. The first-order valence-electron chi connectivity index (χ1n) is 12.2. The second-order valence-electron chi connectivity index (χ2n) is 11.4. The van der Waals surface area contributed by atoms with E-state index in [2.05, 4.69) is 6.58 Å². The largest absolute Gasteiger partial charge is 0.504 e. The van der Waals surface area contributed by atoms with Crippen LogP contribution in [0.4, 0.5) is 0 Å². The van der Waals surface area contributed by atoms with Crippen LogP contribution >= 0.6 is 0 Å². The van der Waals surface area contributed by atoms with Crippen molar-refractivity contribution in [3.8, 4) is 11.5 Å². The van der Waals surface area contributed by atoms with E-state index in [9.17, 15) is 15.0 Å². The van der Waals surface area contributed by atoms with Gasteiger partial charge in [0.1, 0.15) is 5.60 Å². The zero-order valence-corrected chi connectivity index (χ0v) is 21.5. The number of carbonyl (C=O) groups is 1. The minimum atomic E-state index is -1.29. The van der Waals surface area contributed by atoms with E-state index in [0.717, 1.165) is 11.1 Å². The summed E-state index contributed by atoms with van der Waals surface area (Å²) in [6, 6.07) is 3.48. The Morgan fingerprint density at radius 1 is 1.18 bits per heavy atom. The van der Waals surface area contributed by atoms with Gasteiger partial charge in [0.25, 0.3) is 0 Å². The molecule has 2 aliphatic heterocycles. The third kappa shape index (κ3) is 3.31. The number of hydrogen-bond donors (Lipinski definition) is 2. The number of benzene rings is 1. The lowest BCUT2D eigenvalue weighted by atomic mass is 9.55.